The molecule has 0 heterocycles. The van der Waals surface area contributed by atoms with Crippen LogP contribution in [0.1, 0.15) is 30.0 Å². The highest BCUT2D eigenvalue weighted by molar-refractivity contribution is 5.79. The van der Waals surface area contributed by atoms with Gasteiger partial charge >= 0.3 is 0 Å². The first-order chi connectivity index (χ1) is 11.8. The van der Waals surface area contributed by atoms with E-state index in [1.54, 1.807) is 6.07 Å². The fraction of sp³-hybridized carbons (Fsp3) is 0.300. The van der Waals surface area contributed by atoms with Gasteiger partial charge < -0.3 is 10.6 Å². The van der Waals surface area contributed by atoms with Crippen LogP contribution in [-0.2, 0) is 13.0 Å². The number of hydrogen-bond donors (Lipinski definition) is 2. The van der Waals surface area contributed by atoms with Crippen molar-refractivity contribution in [1.29, 1.82) is 5.26 Å². The standard InChI is InChI=1S/C20H24N4/c1-2-22-20(23-13-7-12-17-8-4-3-5-9-17)24-16-19-11-6-10-18(14-19)15-21/h3-6,8-11,14H,2,7,12-13,16H2,1H3,(H2,22,23,24). The Labute approximate surface area is 144 Å². The number of nitriles is 1. The van der Waals surface area contributed by atoms with E-state index in [0.29, 0.717) is 12.1 Å². The molecular formula is C20H24N4. The summed E-state index contributed by atoms with van der Waals surface area (Å²) < 4.78 is 0. The number of rotatable bonds is 7. The van der Waals surface area contributed by atoms with Gasteiger partial charge in [0.1, 0.15) is 0 Å². The minimum atomic E-state index is 0.559. The Morgan fingerprint density at radius 3 is 2.58 bits per heavy atom. The van der Waals surface area contributed by atoms with Gasteiger partial charge in [-0.25, -0.2) is 4.99 Å². The van der Waals surface area contributed by atoms with Crippen LogP contribution in [0.2, 0.25) is 0 Å². The monoisotopic (exact) mass is 320 g/mol. The lowest BCUT2D eigenvalue weighted by Gasteiger charge is -2.11. The molecule has 0 spiro atoms. The Hall–Kier alpha value is -2.80. The van der Waals surface area contributed by atoms with Crippen molar-refractivity contribution in [2.45, 2.75) is 26.3 Å². The minimum Gasteiger partial charge on any atom is -0.357 e. The molecule has 0 saturated heterocycles. The molecule has 2 aromatic carbocycles. The maximum atomic E-state index is 8.95. The first kappa shape index (κ1) is 17.6. The molecule has 2 N–H and O–H groups in total. The van der Waals surface area contributed by atoms with Gasteiger partial charge in [-0.05, 0) is 43.0 Å². The number of guanidine groups is 1. The third-order valence-corrected chi connectivity index (χ3v) is 3.60. The number of aliphatic imine (C=N–C) groups is 1. The van der Waals surface area contributed by atoms with E-state index in [9.17, 15) is 0 Å². The Bertz CT molecular complexity index is 686. The quantitative estimate of drug-likeness (QED) is 0.468. The summed E-state index contributed by atoms with van der Waals surface area (Å²) in [5.41, 5.74) is 3.06. The lowest BCUT2D eigenvalue weighted by Crippen LogP contribution is -2.37. The molecule has 24 heavy (non-hydrogen) atoms. The lowest BCUT2D eigenvalue weighted by molar-refractivity contribution is 0.744. The molecule has 0 aliphatic carbocycles. The topological polar surface area (TPSA) is 60.2 Å². The van der Waals surface area contributed by atoms with E-state index < -0.39 is 0 Å². The van der Waals surface area contributed by atoms with Crippen LogP contribution in [0.3, 0.4) is 0 Å². The molecule has 0 unspecified atom stereocenters. The van der Waals surface area contributed by atoms with Crippen LogP contribution in [0.4, 0.5) is 0 Å². The Kier molecular flexibility index (Phi) is 7.36. The summed E-state index contributed by atoms with van der Waals surface area (Å²) in [4.78, 5) is 4.59. The summed E-state index contributed by atoms with van der Waals surface area (Å²) in [6.45, 7) is 4.31. The van der Waals surface area contributed by atoms with E-state index >= 15 is 0 Å². The molecule has 4 heteroatoms. The van der Waals surface area contributed by atoms with Crippen LogP contribution in [0.5, 0.6) is 0 Å². The van der Waals surface area contributed by atoms with Crippen molar-refractivity contribution in [2.75, 3.05) is 13.1 Å². The second-order valence-corrected chi connectivity index (χ2v) is 5.52. The number of aryl methyl sites for hydroxylation is 1. The average Bonchev–Trinajstić information content (AvgIpc) is 2.64. The minimum absolute atomic E-state index is 0.559. The van der Waals surface area contributed by atoms with E-state index in [0.717, 1.165) is 37.5 Å². The highest BCUT2D eigenvalue weighted by Gasteiger charge is 1.99. The van der Waals surface area contributed by atoms with Crippen LogP contribution < -0.4 is 10.6 Å². The van der Waals surface area contributed by atoms with Crippen LogP contribution in [-0.4, -0.2) is 19.0 Å². The largest absolute Gasteiger partial charge is 0.357 e. The van der Waals surface area contributed by atoms with Gasteiger partial charge in [-0.15, -0.1) is 0 Å². The van der Waals surface area contributed by atoms with Crippen LogP contribution in [0.15, 0.2) is 59.6 Å². The van der Waals surface area contributed by atoms with Gasteiger partial charge in [0.05, 0.1) is 18.2 Å². The number of nitrogens with zero attached hydrogens (tertiary/aromatic N) is 2. The van der Waals surface area contributed by atoms with Gasteiger partial charge in [0.2, 0.25) is 0 Å². The molecular weight excluding hydrogens is 296 g/mol. The van der Waals surface area contributed by atoms with Crippen molar-refractivity contribution in [3.63, 3.8) is 0 Å². The van der Waals surface area contributed by atoms with Gasteiger partial charge in [0, 0.05) is 13.1 Å². The van der Waals surface area contributed by atoms with Crippen molar-refractivity contribution >= 4 is 5.96 Å². The molecule has 124 valence electrons. The maximum absolute atomic E-state index is 8.95. The Morgan fingerprint density at radius 1 is 1.04 bits per heavy atom. The zero-order chi connectivity index (χ0) is 17.0. The number of nitrogens with one attached hydrogen (secondary N) is 2. The highest BCUT2D eigenvalue weighted by Crippen LogP contribution is 2.05. The van der Waals surface area contributed by atoms with Gasteiger partial charge in [-0.1, -0.05) is 42.5 Å². The molecule has 0 saturated carbocycles. The van der Waals surface area contributed by atoms with Gasteiger partial charge in [0.25, 0.3) is 0 Å². The third-order valence-electron chi connectivity index (χ3n) is 3.60. The van der Waals surface area contributed by atoms with Crippen molar-refractivity contribution in [1.82, 2.24) is 10.6 Å². The molecule has 0 atom stereocenters. The molecule has 0 radical (unpaired) electrons. The normalized spacial score (nSPS) is 10.9. The molecule has 4 nitrogen and oxygen atoms in total. The summed E-state index contributed by atoms with van der Waals surface area (Å²) in [5.74, 6) is 0.813. The smallest absolute Gasteiger partial charge is 0.191 e. The fourth-order valence-corrected chi connectivity index (χ4v) is 2.40. The predicted octanol–water partition coefficient (Wildman–Crippen LogP) is 3.25. The Balaban J connectivity index is 1.83. The van der Waals surface area contributed by atoms with E-state index in [2.05, 4.69) is 52.9 Å². The van der Waals surface area contributed by atoms with Gasteiger partial charge in [-0.2, -0.15) is 5.26 Å². The van der Waals surface area contributed by atoms with Crippen LogP contribution in [0.25, 0.3) is 0 Å². The molecule has 0 aliphatic heterocycles. The summed E-state index contributed by atoms with van der Waals surface area (Å²) in [6.07, 6.45) is 2.11. The summed E-state index contributed by atoms with van der Waals surface area (Å²) in [5, 5.41) is 15.6. The van der Waals surface area contributed by atoms with Crippen molar-refractivity contribution in [3.05, 3.63) is 71.3 Å². The second-order valence-electron chi connectivity index (χ2n) is 5.52. The zero-order valence-corrected chi connectivity index (χ0v) is 14.1. The first-order valence-corrected chi connectivity index (χ1v) is 8.37. The predicted molar refractivity (Wildman–Crippen MR) is 98.7 cm³/mol. The van der Waals surface area contributed by atoms with E-state index in [-0.39, 0.29) is 0 Å². The van der Waals surface area contributed by atoms with Crippen molar-refractivity contribution in [3.8, 4) is 6.07 Å². The van der Waals surface area contributed by atoms with Crippen LogP contribution in [0, 0.1) is 11.3 Å². The average molecular weight is 320 g/mol. The van der Waals surface area contributed by atoms with Crippen LogP contribution >= 0.6 is 0 Å². The SMILES string of the molecule is CCNC(=NCc1cccc(C#N)c1)NCCCc1ccccc1. The summed E-state index contributed by atoms with van der Waals surface area (Å²) in [7, 11) is 0. The molecule has 2 rings (SSSR count). The van der Waals surface area contributed by atoms with Gasteiger partial charge in [0.15, 0.2) is 5.96 Å². The van der Waals surface area contributed by atoms with Crippen molar-refractivity contribution < 1.29 is 0 Å². The second kappa shape index (κ2) is 10.1. The summed E-state index contributed by atoms with van der Waals surface area (Å²) in [6, 6.07) is 20.2. The van der Waals surface area contributed by atoms with Gasteiger partial charge in [-0.3, -0.25) is 0 Å². The third kappa shape index (κ3) is 6.13. The van der Waals surface area contributed by atoms with E-state index in [4.69, 9.17) is 5.26 Å². The zero-order valence-electron chi connectivity index (χ0n) is 14.1. The fourth-order valence-electron chi connectivity index (χ4n) is 2.40. The molecule has 0 aromatic heterocycles. The highest BCUT2D eigenvalue weighted by atomic mass is 15.2. The lowest BCUT2D eigenvalue weighted by atomic mass is 10.1. The molecule has 0 amide bonds. The molecule has 0 bridgehead atoms. The molecule has 2 aromatic rings. The molecule has 0 aliphatic rings. The number of benzene rings is 2. The molecule has 0 fully saturated rings. The first-order valence-electron chi connectivity index (χ1n) is 8.37. The van der Waals surface area contributed by atoms with E-state index in [1.165, 1.54) is 5.56 Å². The maximum Gasteiger partial charge on any atom is 0.191 e. The number of hydrogen-bond acceptors (Lipinski definition) is 2. The van der Waals surface area contributed by atoms with E-state index in [1.807, 2.05) is 24.3 Å². The summed E-state index contributed by atoms with van der Waals surface area (Å²) >= 11 is 0. The van der Waals surface area contributed by atoms with Crippen molar-refractivity contribution in [2.24, 2.45) is 4.99 Å². The Morgan fingerprint density at radius 2 is 1.83 bits per heavy atom.